The first-order valence-corrected chi connectivity index (χ1v) is 8.39. The lowest BCUT2D eigenvalue weighted by molar-refractivity contribution is -0.274. The minimum atomic E-state index is -4.81. The van der Waals surface area contributed by atoms with E-state index in [1.54, 1.807) is 18.2 Å². The molecule has 0 aliphatic heterocycles. The third-order valence-electron chi connectivity index (χ3n) is 3.87. The SMILES string of the molecule is O=C(NCc1ccccc1OC(F)(F)F)NC(c1ccccc1)c1ccco1. The van der Waals surface area contributed by atoms with E-state index in [9.17, 15) is 18.0 Å². The largest absolute Gasteiger partial charge is 0.573 e. The summed E-state index contributed by atoms with van der Waals surface area (Å²) >= 11 is 0. The van der Waals surface area contributed by atoms with Crippen LogP contribution < -0.4 is 15.4 Å². The Bertz CT molecular complexity index is 897. The predicted octanol–water partition coefficient (Wildman–Crippen LogP) is 4.77. The molecule has 0 radical (unpaired) electrons. The Morgan fingerprint density at radius 3 is 2.39 bits per heavy atom. The number of nitrogens with one attached hydrogen (secondary N) is 2. The first-order chi connectivity index (χ1) is 13.4. The number of carbonyl (C=O) groups excluding carboxylic acids is 1. The van der Waals surface area contributed by atoms with Gasteiger partial charge < -0.3 is 19.8 Å². The van der Waals surface area contributed by atoms with Gasteiger partial charge in [0.05, 0.1) is 6.26 Å². The fourth-order valence-corrected chi connectivity index (χ4v) is 2.65. The number of ether oxygens (including phenoxy) is 1. The van der Waals surface area contributed by atoms with Crippen LogP contribution in [0.3, 0.4) is 0 Å². The zero-order chi connectivity index (χ0) is 20.0. The number of hydrogen-bond donors (Lipinski definition) is 2. The molecule has 8 heteroatoms. The van der Waals surface area contributed by atoms with Crippen LogP contribution in [0.5, 0.6) is 5.75 Å². The average Bonchev–Trinajstić information content (AvgIpc) is 3.19. The van der Waals surface area contributed by atoms with Crippen LogP contribution in [0.2, 0.25) is 0 Å². The molecule has 1 heterocycles. The van der Waals surface area contributed by atoms with Crippen LogP contribution in [-0.4, -0.2) is 12.4 Å². The molecule has 28 heavy (non-hydrogen) atoms. The molecule has 0 bridgehead atoms. The monoisotopic (exact) mass is 390 g/mol. The van der Waals surface area contributed by atoms with Crippen molar-refractivity contribution in [3.8, 4) is 5.75 Å². The van der Waals surface area contributed by atoms with Crippen LogP contribution in [0.4, 0.5) is 18.0 Å². The Hall–Kier alpha value is -3.42. The predicted molar refractivity (Wildman–Crippen MR) is 95.5 cm³/mol. The third kappa shape index (κ3) is 5.29. The summed E-state index contributed by atoms with van der Waals surface area (Å²) in [6, 6.07) is 17.1. The normalized spacial score (nSPS) is 12.2. The van der Waals surface area contributed by atoms with Gasteiger partial charge in [-0.2, -0.15) is 0 Å². The second kappa shape index (κ2) is 8.51. The van der Waals surface area contributed by atoms with Gasteiger partial charge in [-0.05, 0) is 23.8 Å². The van der Waals surface area contributed by atoms with Crippen molar-refractivity contribution in [3.63, 3.8) is 0 Å². The molecule has 2 amide bonds. The summed E-state index contributed by atoms with van der Waals surface area (Å²) in [4.78, 5) is 12.4. The second-order valence-electron chi connectivity index (χ2n) is 5.84. The standard InChI is InChI=1S/C20H17F3N2O3/c21-20(22,23)28-16-10-5-4-9-15(16)13-24-19(26)25-18(17-11-6-12-27-17)14-7-2-1-3-8-14/h1-12,18H,13H2,(H2,24,25,26). The van der Waals surface area contributed by atoms with Crippen molar-refractivity contribution in [3.05, 3.63) is 89.9 Å². The molecule has 0 aliphatic rings. The van der Waals surface area contributed by atoms with E-state index >= 15 is 0 Å². The van der Waals surface area contributed by atoms with Crippen molar-refractivity contribution >= 4 is 6.03 Å². The maximum atomic E-state index is 12.5. The van der Waals surface area contributed by atoms with Crippen molar-refractivity contribution in [2.24, 2.45) is 0 Å². The molecule has 2 aromatic carbocycles. The van der Waals surface area contributed by atoms with Gasteiger partial charge in [-0.15, -0.1) is 13.2 Å². The zero-order valence-electron chi connectivity index (χ0n) is 14.6. The van der Waals surface area contributed by atoms with Crippen molar-refractivity contribution in [1.82, 2.24) is 10.6 Å². The van der Waals surface area contributed by atoms with E-state index in [1.165, 1.54) is 24.5 Å². The fourth-order valence-electron chi connectivity index (χ4n) is 2.65. The first kappa shape index (κ1) is 19.3. The van der Waals surface area contributed by atoms with Crippen LogP contribution in [0.1, 0.15) is 22.9 Å². The highest BCUT2D eigenvalue weighted by Gasteiger charge is 2.32. The lowest BCUT2D eigenvalue weighted by atomic mass is 10.1. The number of para-hydroxylation sites is 1. The van der Waals surface area contributed by atoms with Crippen LogP contribution in [0, 0.1) is 0 Å². The van der Waals surface area contributed by atoms with E-state index in [4.69, 9.17) is 4.42 Å². The Morgan fingerprint density at radius 1 is 1.00 bits per heavy atom. The Labute approximate surface area is 159 Å². The molecule has 0 fully saturated rings. The fraction of sp³-hybridized carbons (Fsp3) is 0.150. The molecule has 3 rings (SSSR count). The van der Waals surface area contributed by atoms with Crippen molar-refractivity contribution in [2.45, 2.75) is 18.9 Å². The van der Waals surface area contributed by atoms with Gasteiger partial charge in [0.25, 0.3) is 0 Å². The second-order valence-corrected chi connectivity index (χ2v) is 5.84. The number of alkyl halides is 3. The van der Waals surface area contributed by atoms with Gasteiger partial charge in [0, 0.05) is 12.1 Å². The average molecular weight is 390 g/mol. The summed E-state index contributed by atoms with van der Waals surface area (Å²) in [5, 5.41) is 5.32. The Morgan fingerprint density at radius 2 is 1.71 bits per heavy atom. The van der Waals surface area contributed by atoms with E-state index in [0.29, 0.717) is 5.76 Å². The quantitative estimate of drug-likeness (QED) is 0.638. The number of furan rings is 1. The first-order valence-electron chi connectivity index (χ1n) is 8.39. The highest BCUT2D eigenvalue weighted by molar-refractivity contribution is 5.75. The van der Waals surface area contributed by atoms with Gasteiger partial charge >= 0.3 is 12.4 Å². The third-order valence-corrected chi connectivity index (χ3v) is 3.87. The molecule has 1 unspecified atom stereocenters. The minimum Gasteiger partial charge on any atom is -0.467 e. The van der Waals surface area contributed by atoms with Crippen LogP contribution in [-0.2, 0) is 6.54 Å². The molecule has 2 N–H and O–H groups in total. The van der Waals surface area contributed by atoms with E-state index < -0.39 is 18.4 Å². The Kier molecular flexibility index (Phi) is 5.88. The summed E-state index contributed by atoms with van der Waals surface area (Å²) in [5.41, 5.74) is 0.998. The number of hydrogen-bond acceptors (Lipinski definition) is 3. The van der Waals surface area contributed by atoms with Crippen molar-refractivity contribution in [1.29, 1.82) is 0 Å². The molecule has 0 saturated heterocycles. The summed E-state index contributed by atoms with van der Waals surface area (Å²) in [5.74, 6) is 0.170. The molecule has 0 spiro atoms. The van der Waals surface area contributed by atoms with Crippen molar-refractivity contribution in [2.75, 3.05) is 0 Å². The van der Waals surface area contributed by atoms with E-state index in [-0.39, 0.29) is 17.9 Å². The number of urea groups is 1. The van der Waals surface area contributed by atoms with Crippen LogP contribution >= 0.6 is 0 Å². The molecule has 1 atom stereocenters. The van der Waals surface area contributed by atoms with E-state index in [0.717, 1.165) is 5.56 Å². The maximum absolute atomic E-state index is 12.5. The van der Waals surface area contributed by atoms with Crippen molar-refractivity contribution < 1.29 is 27.1 Å². The number of halogens is 3. The van der Waals surface area contributed by atoms with Gasteiger partial charge in [0.15, 0.2) is 0 Å². The lowest BCUT2D eigenvalue weighted by Crippen LogP contribution is -2.38. The van der Waals surface area contributed by atoms with E-state index in [2.05, 4.69) is 15.4 Å². The molecule has 3 aromatic rings. The number of rotatable bonds is 6. The highest BCUT2D eigenvalue weighted by Crippen LogP contribution is 2.26. The topological polar surface area (TPSA) is 63.5 Å². The molecule has 0 aliphatic carbocycles. The minimum absolute atomic E-state index is 0.141. The molecular weight excluding hydrogens is 373 g/mol. The van der Waals surface area contributed by atoms with Crippen LogP contribution in [0.25, 0.3) is 0 Å². The summed E-state index contributed by atoms with van der Waals surface area (Å²) in [7, 11) is 0. The Balaban J connectivity index is 1.68. The zero-order valence-corrected chi connectivity index (χ0v) is 14.6. The smallest absolute Gasteiger partial charge is 0.467 e. The van der Waals surface area contributed by atoms with Gasteiger partial charge in [0.1, 0.15) is 17.6 Å². The highest BCUT2D eigenvalue weighted by atomic mass is 19.4. The van der Waals surface area contributed by atoms with E-state index in [1.807, 2.05) is 30.3 Å². The number of benzene rings is 2. The molecule has 5 nitrogen and oxygen atoms in total. The summed E-state index contributed by atoms with van der Waals surface area (Å²) in [6.45, 7) is -0.141. The molecular formula is C20H17F3N2O3. The number of amides is 2. The molecule has 0 saturated carbocycles. The summed E-state index contributed by atoms with van der Waals surface area (Å²) in [6.07, 6.45) is -3.31. The lowest BCUT2D eigenvalue weighted by Gasteiger charge is -2.18. The number of carbonyl (C=O) groups is 1. The molecule has 146 valence electrons. The van der Waals surface area contributed by atoms with Crippen LogP contribution in [0.15, 0.2) is 77.4 Å². The molecule has 1 aromatic heterocycles. The van der Waals surface area contributed by atoms with Gasteiger partial charge in [-0.3, -0.25) is 0 Å². The van der Waals surface area contributed by atoms with Gasteiger partial charge in [-0.1, -0.05) is 48.5 Å². The maximum Gasteiger partial charge on any atom is 0.573 e. The summed E-state index contributed by atoms with van der Waals surface area (Å²) < 4.78 is 46.9. The van der Waals surface area contributed by atoms with Gasteiger partial charge in [-0.25, -0.2) is 4.79 Å². The van der Waals surface area contributed by atoms with Gasteiger partial charge in [0.2, 0.25) is 0 Å².